The average Bonchev–Trinajstić information content (AvgIpc) is 2.51. The predicted octanol–water partition coefficient (Wildman–Crippen LogP) is 4.32. The molecule has 1 heteroatoms. The van der Waals surface area contributed by atoms with E-state index in [2.05, 4.69) is 17.1 Å². The fourth-order valence-corrected chi connectivity index (χ4v) is 1.01. The first kappa shape index (κ1) is 21.9. The maximum absolute atomic E-state index is 4.23. The molecule has 1 aromatic rings. The number of nitrogens with zero attached hydrogens (tertiary/aromatic N) is 1. The SMILES string of the molecule is CC.CC.CC.C\C=C/C=c1/cccn/c1=C\C. The van der Waals surface area contributed by atoms with E-state index in [-0.39, 0.29) is 0 Å². The summed E-state index contributed by atoms with van der Waals surface area (Å²) in [5.41, 5.74) is 0. The largest absolute Gasteiger partial charge is 0.257 e. The van der Waals surface area contributed by atoms with Crippen LogP contribution in [0, 0.1) is 0 Å². The third-order valence-corrected chi connectivity index (χ3v) is 1.61. The van der Waals surface area contributed by atoms with Crippen LogP contribution >= 0.6 is 0 Å². The van der Waals surface area contributed by atoms with Gasteiger partial charge in [-0.05, 0) is 25.1 Å². The van der Waals surface area contributed by atoms with E-state index in [0.29, 0.717) is 0 Å². The number of hydrogen-bond donors (Lipinski definition) is 0. The Morgan fingerprint density at radius 1 is 0.944 bits per heavy atom. The molecule has 1 heterocycles. The lowest BCUT2D eigenvalue weighted by Crippen LogP contribution is -2.26. The summed E-state index contributed by atoms with van der Waals surface area (Å²) in [7, 11) is 0. The van der Waals surface area contributed by atoms with Crippen molar-refractivity contribution in [2.75, 3.05) is 0 Å². The van der Waals surface area contributed by atoms with Crippen LogP contribution in [-0.2, 0) is 0 Å². The minimum absolute atomic E-state index is 1.04. The topological polar surface area (TPSA) is 12.9 Å². The Kier molecular flexibility index (Phi) is 25.5. The average molecular weight is 249 g/mol. The summed E-state index contributed by atoms with van der Waals surface area (Å²) < 4.78 is 0. The highest BCUT2D eigenvalue weighted by Gasteiger charge is 1.79. The molecule has 1 aromatic heterocycles. The molecule has 1 nitrogen and oxygen atoms in total. The van der Waals surface area contributed by atoms with Gasteiger partial charge in [0.1, 0.15) is 0 Å². The van der Waals surface area contributed by atoms with E-state index in [1.54, 1.807) is 0 Å². The lowest BCUT2D eigenvalue weighted by molar-refractivity contribution is 1.22. The van der Waals surface area contributed by atoms with Crippen LogP contribution in [0.4, 0.5) is 0 Å². The van der Waals surface area contributed by atoms with Crippen LogP contribution in [0.15, 0.2) is 30.5 Å². The van der Waals surface area contributed by atoms with Crippen molar-refractivity contribution in [1.82, 2.24) is 4.98 Å². The Morgan fingerprint density at radius 2 is 1.50 bits per heavy atom. The molecule has 104 valence electrons. The van der Waals surface area contributed by atoms with Crippen molar-refractivity contribution in [1.29, 1.82) is 0 Å². The van der Waals surface area contributed by atoms with Crippen molar-refractivity contribution in [3.05, 3.63) is 41.0 Å². The molecule has 0 bridgehead atoms. The first-order valence-corrected chi connectivity index (χ1v) is 7.09. The Hall–Kier alpha value is -1.37. The highest BCUT2D eigenvalue weighted by atomic mass is 14.6. The first-order valence-electron chi connectivity index (χ1n) is 7.09. The normalized spacial score (nSPS) is 10.7. The summed E-state index contributed by atoms with van der Waals surface area (Å²) in [5, 5.41) is 2.20. The maximum Gasteiger partial charge on any atom is 0.0659 e. The molecule has 0 amide bonds. The van der Waals surface area contributed by atoms with Crippen molar-refractivity contribution >= 4 is 12.2 Å². The van der Waals surface area contributed by atoms with Gasteiger partial charge < -0.3 is 0 Å². The molecule has 0 saturated carbocycles. The number of aromatic nitrogens is 1. The molecule has 0 radical (unpaired) electrons. The van der Waals surface area contributed by atoms with Crippen molar-refractivity contribution in [2.45, 2.75) is 55.4 Å². The van der Waals surface area contributed by atoms with Crippen LogP contribution in [0.5, 0.6) is 0 Å². The van der Waals surface area contributed by atoms with E-state index in [0.717, 1.165) is 10.6 Å². The molecule has 0 saturated heterocycles. The van der Waals surface area contributed by atoms with Crippen LogP contribution in [-0.4, -0.2) is 4.98 Å². The van der Waals surface area contributed by atoms with E-state index < -0.39 is 0 Å². The Morgan fingerprint density at radius 3 is 1.94 bits per heavy atom. The van der Waals surface area contributed by atoms with Crippen LogP contribution in [0.1, 0.15) is 55.4 Å². The molecule has 0 N–H and O–H groups in total. The molecule has 0 aliphatic rings. The number of hydrogen-bond acceptors (Lipinski definition) is 1. The highest BCUT2D eigenvalue weighted by Crippen LogP contribution is 1.72. The molecule has 0 aliphatic carbocycles. The molecule has 0 aliphatic heterocycles. The lowest BCUT2D eigenvalue weighted by atomic mass is 10.3. The molecule has 0 fully saturated rings. The second kappa shape index (κ2) is 21.0. The number of allylic oxidation sites excluding steroid dienone is 2. The second-order valence-electron chi connectivity index (χ2n) is 2.46. The highest BCUT2D eigenvalue weighted by molar-refractivity contribution is 5.37. The van der Waals surface area contributed by atoms with Crippen molar-refractivity contribution in [2.24, 2.45) is 0 Å². The Balaban J connectivity index is -0.000000328. The zero-order chi connectivity index (χ0) is 14.8. The minimum Gasteiger partial charge on any atom is -0.257 e. The monoisotopic (exact) mass is 249 g/mol. The quantitative estimate of drug-likeness (QED) is 0.722. The smallest absolute Gasteiger partial charge is 0.0659 e. The standard InChI is InChI=1S/C11H13N.3C2H6/c1-3-5-7-10-8-6-9-12-11(10)4-2;3*1-2/h3-9H,1-2H3;3*1-2H3/b5-3-,10-7-,11-4-;;;. The molecule has 1 rings (SSSR count). The molecule has 0 atom stereocenters. The molecule has 0 spiro atoms. The van der Waals surface area contributed by atoms with E-state index in [9.17, 15) is 0 Å². The summed E-state index contributed by atoms with van der Waals surface area (Å²) in [6.45, 7) is 16.0. The third-order valence-electron chi connectivity index (χ3n) is 1.61. The maximum atomic E-state index is 4.23. The fourth-order valence-electron chi connectivity index (χ4n) is 1.01. The van der Waals surface area contributed by atoms with Gasteiger partial charge in [-0.15, -0.1) is 0 Å². The summed E-state index contributed by atoms with van der Waals surface area (Å²) in [6.07, 6.45) is 9.90. The Bertz CT molecular complexity index is 375. The minimum atomic E-state index is 1.04. The predicted molar refractivity (Wildman–Crippen MR) is 86.9 cm³/mol. The number of rotatable bonds is 1. The molecule has 0 unspecified atom stereocenters. The zero-order valence-corrected chi connectivity index (χ0v) is 13.5. The van der Waals surface area contributed by atoms with Gasteiger partial charge in [0.15, 0.2) is 0 Å². The second-order valence-corrected chi connectivity index (χ2v) is 2.46. The van der Waals surface area contributed by atoms with Gasteiger partial charge in [0, 0.05) is 6.20 Å². The van der Waals surface area contributed by atoms with Crippen molar-refractivity contribution < 1.29 is 0 Å². The van der Waals surface area contributed by atoms with Gasteiger partial charge in [-0.3, -0.25) is 4.98 Å². The lowest BCUT2D eigenvalue weighted by Gasteiger charge is -1.85. The fraction of sp³-hybridized carbons (Fsp3) is 0.471. The van der Waals surface area contributed by atoms with Gasteiger partial charge in [-0.25, -0.2) is 0 Å². The van der Waals surface area contributed by atoms with Gasteiger partial charge in [-0.1, -0.05) is 71.9 Å². The van der Waals surface area contributed by atoms with E-state index >= 15 is 0 Å². The van der Waals surface area contributed by atoms with Gasteiger partial charge in [0.05, 0.1) is 5.35 Å². The number of pyridine rings is 1. The van der Waals surface area contributed by atoms with E-state index in [4.69, 9.17) is 0 Å². The molecule has 0 aromatic carbocycles. The van der Waals surface area contributed by atoms with E-state index in [1.165, 1.54) is 0 Å². The first-order chi connectivity index (χ1) is 8.88. The van der Waals surface area contributed by atoms with Gasteiger partial charge in [0.2, 0.25) is 0 Å². The van der Waals surface area contributed by atoms with Crippen molar-refractivity contribution in [3.63, 3.8) is 0 Å². The van der Waals surface area contributed by atoms with Crippen LogP contribution in [0.25, 0.3) is 12.2 Å². The third kappa shape index (κ3) is 11.1. The summed E-state index contributed by atoms with van der Waals surface area (Å²) in [5.74, 6) is 0. The summed E-state index contributed by atoms with van der Waals surface area (Å²) >= 11 is 0. The summed E-state index contributed by atoms with van der Waals surface area (Å²) in [4.78, 5) is 4.23. The van der Waals surface area contributed by atoms with E-state index in [1.807, 2.05) is 85.9 Å². The van der Waals surface area contributed by atoms with Crippen LogP contribution in [0.2, 0.25) is 0 Å². The molecular weight excluding hydrogens is 218 g/mol. The zero-order valence-electron chi connectivity index (χ0n) is 13.5. The van der Waals surface area contributed by atoms with Gasteiger partial charge in [0.25, 0.3) is 0 Å². The van der Waals surface area contributed by atoms with Crippen LogP contribution < -0.4 is 10.6 Å². The molecular formula is C17H31N. The molecule has 18 heavy (non-hydrogen) atoms. The Labute approximate surface area is 114 Å². The van der Waals surface area contributed by atoms with Crippen LogP contribution in [0.3, 0.4) is 0 Å². The van der Waals surface area contributed by atoms with Crippen molar-refractivity contribution in [3.8, 4) is 0 Å². The van der Waals surface area contributed by atoms with Gasteiger partial charge >= 0.3 is 0 Å². The summed E-state index contributed by atoms with van der Waals surface area (Å²) in [6, 6.07) is 4.00. The van der Waals surface area contributed by atoms with Gasteiger partial charge in [-0.2, -0.15) is 0 Å².